The number of nitrogens with zero attached hydrogens (tertiary/aromatic N) is 2. The molecule has 3 rings (SSSR count). The van der Waals surface area contributed by atoms with Crippen LogP contribution in [0.25, 0.3) is 0 Å². The molecule has 31 heavy (non-hydrogen) atoms. The largest absolute Gasteiger partial charge is 0.497 e. The first-order valence-corrected chi connectivity index (χ1v) is 11.5. The van der Waals surface area contributed by atoms with E-state index in [9.17, 15) is 18.0 Å². The van der Waals surface area contributed by atoms with Crippen molar-refractivity contribution < 1.29 is 27.5 Å². The predicted octanol–water partition coefficient (Wildman–Crippen LogP) is 1.57. The van der Waals surface area contributed by atoms with Crippen LogP contribution in [0.4, 0.5) is 11.4 Å². The molecule has 1 saturated heterocycles. The fourth-order valence-corrected chi connectivity index (χ4v) is 4.01. The molecule has 2 amide bonds. The molecule has 1 fully saturated rings. The highest BCUT2D eigenvalue weighted by molar-refractivity contribution is 7.92. The maximum Gasteiger partial charge on any atom is 0.254 e. The van der Waals surface area contributed by atoms with Gasteiger partial charge in [0.05, 0.1) is 32.3 Å². The summed E-state index contributed by atoms with van der Waals surface area (Å²) in [7, 11) is -2.22. The van der Waals surface area contributed by atoms with Gasteiger partial charge in [0.1, 0.15) is 12.3 Å². The number of hydrogen-bond donors (Lipinski definition) is 1. The molecular formula is C21H25N3O6S. The molecule has 2 aromatic carbocycles. The standard InChI is InChI=1S/C21H25N3O6S/c1-29-19-5-3-4-17(14-19)22-20(25)15-24(31(2,27)28)18-8-6-16(7-9-18)21(26)23-10-12-30-13-11-23/h3-9,14H,10-13,15H2,1-2H3,(H,22,25). The predicted molar refractivity (Wildman–Crippen MR) is 117 cm³/mol. The second-order valence-corrected chi connectivity index (χ2v) is 8.91. The van der Waals surface area contributed by atoms with E-state index in [2.05, 4.69) is 5.32 Å². The van der Waals surface area contributed by atoms with Crippen LogP contribution in [-0.4, -0.2) is 71.3 Å². The third kappa shape index (κ3) is 5.96. The number of rotatable bonds is 7. The average Bonchev–Trinajstić information content (AvgIpc) is 2.77. The van der Waals surface area contributed by atoms with Gasteiger partial charge in [0, 0.05) is 30.4 Å². The number of benzene rings is 2. The monoisotopic (exact) mass is 447 g/mol. The summed E-state index contributed by atoms with van der Waals surface area (Å²) in [5.74, 6) is -0.0815. The Morgan fingerprint density at radius 1 is 1.13 bits per heavy atom. The number of morpholine rings is 1. The normalized spacial score (nSPS) is 14.1. The van der Waals surface area contributed by atoms with E-state index in [1.165, 1.54) is 19.2 Å². The Bertz CT molecular complexity index is 1030. The minimum absolute atomic E-state index is 0.142. The van der Waals surface area contributed by atoms with E-state index >= 15 is 0 Å². The van der Waals surface area contributed by atoms with E-state index in [-0.39, 0.29) is 5.91 Å². The van der Waals surface area contributed by atoms with E-state index in [0.29, 0.717) is 49.0 Å². The summed E-state index contributed by atoms with van der Waals surface area (Å²) in [6.07, 6.45) is 1.03. The van der Waals surface area contributed by atoms with E-state index < -0.39 is 22.5 Å². The SMILES string of the molecule is COc1cccc(NC(=O)CN(c2ccc(C(=O)N3CCOCC3)cc2)S(C)(=O)=O)c1. The number of anilines is 2. The van der Waals surface area contributed by atoms with E-state index in [1.54, 1.807) is 41.3 Å². The zero-order chi connectivity index (χ0) is 22.4. The minimum Gasteiger partial charge on any atom is -0.497 e. The van der Waals surface area contributed by atoms with Crippen molar-refractivity contribution in [2.75, 3.05) is 55.8 Å². The Morgan fingerprint density at radius 3 is 2.42 bits per heavy atom. The molecule has 0 saturated carbocycles. The molecule has 1 aliphatic heterocycles. The summed E-state index contributed by atoms with van der Waals surface area (Å²) in [6.45, 7) is 1.61. The van der Waals surface area contributed by atoms with Crippen molar-refractivity contribution in [1.82, 2.24) is 4.90 Å². The smallest absolute Gasteiger partial charge is 0.254 e. The highest BCUT2D eigenvalue weighted by Crippen LogP contribution is 2.21. The number of carbonyl (C=O) groups excluding carboxylic acids is 2. The van der Waals surface area contributed by atoms with Crippen molar-refractivity contribution in [2.24, 2.45) is 0 Å². The van der Waals surface area contributed by atoms with Crippen LogP contribution in [0.2, 0.25) is 0 Å². The zero-order valence-electron chi connectivity index (χ0n) is 17.4. The molecule has 0 radical (unpaired) electrons. The van der Waals surface area contributed by atoms with Crippen molar-refractivity contribution in [2.45, 2.75) is 0 Å². The first kappa shape index (κ1) is 22.6. The topological polar surface area (TPSA) is 105 Å². The van der Waals surface area contributed by atoms with Crippen LogP contribution >= 0.6 is 0 Å². The van der Waals surface area contributed by atoms with E-state index in [1.807, 2.05) is 0 Å². The first-order valence-electron chi connectivity index (χ1n) is 9.66. The molecule has 9 nitrogen and oxygen atoms in total. The van der Waals surface area contributed by atoms with Gasteiger partial charge < -0.3 is 19.7 Å². The average molecular weight is 448 g/mol. The number of carbonyl (C=O) groups is 2. The second kappa shape index (κ2) is 9.80. The third-order valence-corrected chi connectivity index (χ3v) is 5.88. The third-order valence-electron chi connectivity index (χ3n) is 4.74. The van der Waals surface area contributed by atoms with Crippen LogP contribution in [0.3, 0.4) is 0 Å². The fraction of sp³-hybridized carbons (Fsp3) is 0.333. The van der Waals surface area contributed by atoms with Crippen molar-refractivity contribution >= 4 is 33.2 Å². The molecule has 0 unspecified atom stereocenters. The summed E-state index contributed by atoms with van der Waals surface area (Å²) >= 11 is 0. The van der Waals surface area contributed by atoms with Gasteiger partial charge >= 0.3 is 0 Å². The molecular weight excluding hydrogens is 422 g/mol. The molecule has 0 atom stereocenters. The van der Waals surface area contributed by atoms with Crippen LogP contribution < -0.4 is 14.4 Å². The van der Waals surface area contributed by atoms with Crippen LogP contribution in [0.15, 0.2) is 48.5 Å². The molecule has 0 bridgehead atoms. The van der Waals surface area contributed by atoms with Gasteiger partial charge in [0.15, 0.2) is 0 Å². The van der Waals surface area contributed by atoms with E-state index in [0.717, 1.165) is 10.6 Å². The van der Waals surface area contributed by atoms with Crippen molar-refractivity contribution in [3.8, 4) is 5.75 Å². The number of amides is 2. The Morgan fingerprint density at radius 2 is 1.81 bits per heavy atom. The molecule has 2 aromatic rings. The van der Waals surface area contributed by atoms with Crippen molar-refractivity contribution in [1.29, 1.82) is 0 Å². The summed E-state index contributed by atoms with van der Waals surface area (Å²) in [6, 6.07) is 12.9. The van der Waals surface area contributed by atoms with Gasteiger partial charge in [0.25, 0.3) is 5.91 Å². The van der Waals surface area contributed by atoms with E-state index in [4.69, 9.17) is 9.47 Å². The van der Waals surface area contributed by atoms with Gasteiger partial charge in [-0.25, -0.2) is 8.42 Å². The molecule has 1 heterocycles. The summed E-state index contributed by atoms with van der Waals surface area (Å²) in [4.78, 5) is 26.8. The van der Waals surface area contributed by atoms with Gasteiger partial charge in [-0.2, -0.15) is 0 Å². The van der Waals surface area contributed by atoms with Gasteiger partial charge in [0.2, 0.25) is 15.9 Å². The molecule has 1 aliphatic rings. The number of ether oxygens (including phenoxy) is 2. The quantitative estimate of drug-likeness (QED) is 0.691. The van der Waals surface area contributed by atoms with Crippen molar-refractivity contribution in [3.05, 3.63) is 54.1 Å². The maximum absolute atomic E-state index is 12.6. The summed E-state index contributed by atoms with van der Waals surface area (Å²) < 4.78 is 36.0. The molecule has 0 aromatic heterocycles. The van der Waals surface area contributed by atoms with Crippen LogP contribution in [0.5, 0.6) is 5.75 Å². The van der Waals surface area contributed by atoms with Crippen LogP contribution in [0.1, 0.15) is 10.4 Å². The van der Waals surface area contributed by atoms with Crippen LogP contribution in [-0.2, 0) is 19.6 Å². The highest BCUT2D eigenvalue weighted by Gasteiger charge is 2.23. The lowest BCUT2D eigenvalue weighted by Gasteiger charge is -2.27. The maximum atomic E-state index is 12.6. The lowest BCUT2D eigenvalue weighted by molar-refractivity contribution is -0.114. The molecule has 0 aliphatic carbocycles. The molecule has 166 valence electrons. The summed E-state index contributed by atoms with van der Waals surface area (Å²) in [5.41, 5.74) is 1.23. The zero-order valence-corrected chi connectivity index (χ0v) is 18.2. The Balaban J connectivity index is 1.73. The Labute approximate surface area is 181 Å². The fourth-order valence-electron chi connectivity index (χ4n) is 3.15. The molecule has 0 spiro atoms. The second-order valence-electron chi connectivity index (χ2n) is 7.00. The lowest BCUT2D eigenvalue weighted by Crippen LogP contribution is -2.40. The summed E-state index contributed by atoms with van der Waals surface area (Å²) in [5, 5.41) is 2.66. The Kier molecular flexibility index (Phi) is 7.13. The molecule has 10 heteroatoms. The first-order chi connectivity index (χ1) is 14.8. The highest BCUT2D eigenvalue weighted by atomic mass is 32.2. The van der Waals surface area contributed by atoms with Crippen molar-refractivity contribution in [3.63, 3.8) is 0 Å². The van der Waals surface area contributed by atoms with Gasteiger partial charge in [-0.1, -0.05) is 6.07 Å². The van der Waals surface area contributed by atoms with Gasteiger partial charge in [-0.3, -0.25) is 13.9 Å². The Hall–Kier alpha value is -3.11. The van der Waals surface area contributed by atoms with Gasteiger partial charge in [-0.05, 0) is 36.4 Å². The number of methoxy groups -OCH3 is 1. The number of nitrogens with one attached hydrogen (secondary N) is 1. The number of sulfonamides is 1. The molecule has 1 N–H and O–H groups in total. The number of hydrogen-bond acceptors (Lipinski definition) is 6. The van der Waals surface area contributed by atoms with Crippen LogP contribution in [0, 0.1) is 0 Å². The lowest BCUT2D eigenvalue weighted by atomic mass is 10.1. The van der Waals surface area contributed by atoms with Gasteiger partial charge in [-0.15, -0.1) is 0 Å². The minimum atomic E-state index is -3.74.